The van der Waals surface area contributed by atoms with Crippen LogP contribution in [0.2, 0.25) is 0 Å². The monoisotopic (exact) mass is 369 g/mol. The van der Waals surface area contributed by atoms with E-state index in [0.717, 1.165) is 29.5 Å². The third-order valence-electron chi connectivity index (χ3n) is 5.37. The summed E-state index contributed by atoms with van der Waals surface area (Å²) in [5, 5.41) is 2.75. The Morgan fingerprint density at radius 2 is 1.70 bits per heavy atom. The number of nitrogens with one attached hydrogen (secondary N) is 1. The average Bonchev–Trinajstić information content (AvgIpc) is 3.14. The fourth-order valence-electron chi connectivity index (χ4n) is 3.64. The topological polar surface area (TPSA) is 55.4 Å². The first kappa shape index (κ1) is 19.1. The maximum absolute atomic E-state index is 13.2. The molecule has 2 aromatic rings. The largest absolute Gasteiger partial charge is 0.455 e. The minimum Gasteiger partial charge on any atom is -0.455 e. The van der Waals surface area contributed by atoms with Crippen LogP contribution in [0.15, 0.2) is 42.5 Å². The Hall–Kier alpha value is -2.69. The maximum atomic E-state index is 13.2. The molecule has 2 aromatic carbocycles. The molecule has 1 aliphatic rings. The van der Waals surface area contributed by atoms with Crippen molar-refractivity contribution in [2.24, 2.45) is 0 Å². The molecule has 1 saturated carbocycles. The highest BCUT2D eigenvalue weighted by Gasteiger charge is 2.44. The minimum absolute atomic E-state index is 0.339. The van der Waals surface area contributed by atoms with Crippen molar-refractivity contribution in [1.82, 2.24) is 0 Å². The molecule has 3 rings (SSSR count). The van der Waals surface area contributed by atoms with Gasteiger partial charge in [0, 0.05) is 5.69 Å². The van der Waals surface area contributed by atoms with Crippen molar-refractivity contribution in [3.05, 3.63) is 65.0 Å². The van der Waals surface area contributed by atoms with E-state index in [1.165, 1.54) is 12.1 Å². The molecule has 0 unspecified atom stereocenters. The van der Waals surface area contributed by atoms with Gasteiger partial charge in [0.15, 0.2) is 6.61 Å². The van der Waals surface area contributed by atoms with Crippen LogP contribution in [0.4, 0.5) is 10.1 Å². The second kappa shape index (κ2) is 7.91. The van der Waals surface area contributed by atoms with Crippen molar-refractivity contribution < 1.29 is 18.7 Å². The molecule has 5 heteroatoms. The Morgan fingerprint density at radius 1 is 1.04 bits per heavy atom. The highest BCUT2D eigenvalue weighted by molar-refractivity contribution is 5.94. The number of carbonyl (C=O) groups excluding carboxylic acids is 2. The van der Waals surface area contributed by atoms with Crippen LogP contribution >= 0.6 is 0 Å². The summed E-state index contributed by atoms with van der Waals surface area (Å²) in [5.41, 5.74) is 2.86. The molecule has 0 aliphatic heterocycles. The van der Waals surface area contributed by atoms with Gasteiger partial charge in [-0.15, -0.1) is 0 Å². The van der Waals surface area contributed by atoms with Crippen LogP contribution in [0.1, 0.15) is 42.4 Å². The van der Waals surface area contributed by atoms with Gasteiger partial charge in [0.25, 0.3) is 5.91 Å². The van der Waals surface area contributed by atoms with Crippen LogP contribution in [0.25, 0.3) is 0 Å². The first-order valence-corrected chi connectivity index (χ1v) is 9.21. The van der Waals surface area contributed by atoms with Crippen molar-refractivity contribution in [3.8, 4) is 0 Å². The van der Waals surface area contributed by atoms with E-state index in [1.54, 1.807) is 12.1 Å². The molecule has 1 fully saturated rings. The van der Waals surface area contributed by atoms with Gasteiger partial charge in [0.2, 0.25) is 0 Å². The number of hydrogen-bond acceptors (Lipinski definition) is 3. The van der Waals surface area contributed by atoms with Crippen molar-refractivity contribution in [1.29, 1.82) is 0 Å². The molecule has 1 N–H and O–H groups in total. The lowest BCUT2D eigenvalue weighted by molar-refractivity contribution is -0.153. The summed E-state index contributed by atoms with van der Waals surface area (Å²) in [7, 11) is 0. The highest BCUT2D eigenvalue weighted by Crippen LogP contribution is 2.42. The second-order valence-electron chi connectivity index (χ2n) is 7.22. The first-order valence-electron chi connectivity index (χ1n) is 9.21. The molecule has 1 aliphatic carbocycles. The predicted molar refractivity (Wildman–Crippen MR) is 102 cm³/mol. The standard InChI is InChI=1S/C22H24FNO3/c1-15-5-10-19(13-16(15)2)24-20(25)14-27-21(26)22(11-3-4-12-22)17-6-8-18(23)9-7-17/h5-10,13H,3-4,11-12,14H2,1-2H3,(H,24,25). The molecular weight excluding hydrogens is 345 g/mol. The summed E-state index contributed by atoms with van der Waals surface area (Å²) in [6, 6.07) is 11.6. The molecule has 0 radical (unpaired) electrons. The second-order valence-corrected chi connectivity index (χ2v) is 7.22. The lowest BCUT2D eigenvalue weighted by Crippen LogP contribution is -2.36. The van der Waals surface area contributed by atoms with E-state index in [0.29, 0.717) is 18.5 Å². The van der Waals surface area contributed by atoms with Crippen LogP contribution in [-0.4, -0.2) is 18.5 Å². The zero-order valence-electron chi connectivity index (χ0n) is 15.7. The number of esters is 1. The Balaban J connectivity index is 1.65. The van der Waals surface area contributed by atoms with Crippen molar-refractivity contribution in [2.75, 3.05) is 11.9 Å². The summed E-state index contributed by atoms with van der Waals surface area (Å²) >= 11 is 0. The van der Waals surface area contributed by atoms with Crippen molar-refractivity contribution in [2.45, 2.75) is 44.9 Å². The molecule has 0 heterocycles. The number of carbonyl (C=O) groups is 2. The number of ether oxygens (including phenoxy) is 1. The van der Waals surface area contributed by atoms with Crippen LogP contribution in [0.5, 0.6) is 0 Å². The third kappa shape index (κ3) is 4.18. The van der Waals surface area contributed by atoms with Crippen LogP contribution in [0, 0.1) is 19.7 Å². The summed E-state index contributed by atoms with van der Waals surface area (Å²) in [6.07, 6.45) is 3.11. The fourth-order valence-corrected chi connectivity index (χ4v) is 3.64. The Kier molecular flexibility index (Phi) is 5.59. The molecule has 0 atom stereocenters. The molecule has 1 amide bonds. The Bertz CT molecular complexity index is 839. The van der Waals surface area contributed by atoms with Crippen molar-refractivity contribution >= 4 is 17.6 Å². The molecular formula is C22H24FNO3. The number of rotatable bonds is 5. The molecule has 4 nitrogen and oxygen atoms in total. The molecule has 0 spiro atoms. The van der Waals surface area contributed by atoms with E-state index < -0.39 is 11.4 Å². The Labute approximate surface area is 158 Å². The van der Waals surface area contributed by atoms with Gasteiger partial charge < -0.3 is 10.1 Å². The number of aryl methyl sites for hydroxylation is 2. The van der Waals surface area contributed by atoms with Gasteiger partial charge in [-0.05, 0) is 67.6 Å². The molecule has 142 valence electrons. The van der Waals surface area contributed by atoms with Crippen LogP contribution < -0.4 is 5.32 Å². The fraction of sp³-hybridized carbons (Fsp3) is 0.364. The molecule has 0 saturated heterocycles. The zero-order chi connectivity index (χ0) is 19.4. The molecule has 0 bridgehead atoms. The van der Waals surface area contributed by atoms with E-state index >= 15 is 0 Å². The van der Waals surface area contributed by atoms with Gasteiger partial charge in [0.1, 0.15) is 5.82 Å². The quantitative estimate of drug-likeness (QED) is 0.793. The lowest BCUT2D eigenvalue weighted by atomic mass is 9.79. The van der Waals surface area contributed by atoms with Gasteiger partial charge in [0.05, 0.1) is 5.41 Å². The van der Waals surface area contributed by atoms with E-state index in [2.05, 4.69) is 5.32 Å². The zero-order valence-corrected chi connectivity index (χ0v) is 15.7. The van der Waals surface area contributed by atoms with Gasteiger partial charge in [-0.3, -0.25) is 9.59 Å². The molecule has 0 aromatic heterocycles. The summed E-state index contributed by atoms with van der Waals surface area (Å²) in [4.78, 5) is 25.0. The highest BCUT2D eigenvalue weighted by atomic mass is 19.1. The van der Waals surface area contributed by atoms with Gasteiger partial charge in [-0.25, -0.2) is 4.39 Å². The number of amides is 1. The van der Waals surface area contributed by atoms with E-state index in [4.69, 9.17) is 4.74 Å². The lowest BCUT2D eigenvalue weighted by Gasteiger charge is -2.27. The van der Waals surface area contributed by atoms with Gasteiger partial charge in [-0.1, -0.05) is 31.0 Å². The van der Waals surface area contributed by atoms with E-state index in [9.17, 15) is 14.0 Å². The number of anilines is 1. The Morgan fingerprint density at radius 3 is 2.33 bits per heavy atom. The first-order chi connectivity index (χ1) is 12.9. The maximum Gasteiger partial charge on any atom is 0.317 e. The predicted octanol–water partition coefficient (Wildman–Crippen LogP) is 4.44. The van der Waals surface area contributed by atoms with Gasteiger partial charge >= 0.3 is 5.97 Å². The van der Waals surface area contributed by atoms with Crippen LogP contribution in [-0.2, 0) is 19.7 Å². The molecule has 27 heavy (non-hydrogen) atoms. The number of hydrogen-bond donors (Lipinski definition) is 1. The average molecular weight is 369 g/mol. The SMILES string of the molecule is Cc1ccc(NC(=O)COC(=O)C2(c3ccc(F)cc3)CCCC2)cc1C. The smallest absolute Gasteiger partial charge is 0.317 e. The van der Waals surface area contributed by atoms with Crippen LogP contribution in [0.3, 0.4) is 0 Å². The van der Waals surface area contributed by atoms with Gasteiger partial charge in [-0.2, -0.15) is 0 Å². The normalized spacial score (nSPS) is 15.4. The summed E-state index contributed by atoms with van der Waals surface area (Å²) in [5.74, 6) is -1.13. The number of benzene rings is 2. The minimum atomic E-state index is -0.783. The van der Waals surface area contributed by atoms with E-state index in [-0.39, 0.29) is 18.3 Å². The summed E-state index contributed by atoms with van der Waals surface area (Å²) in [6.45, 7) is 3.63. The summed E-state index contributed by atoms with van der Waals surface area (Å²) < 4.78 is 18.6. The third-order valence-corrected chi connectivity index (χ3v) is 5.37. The van der Waals surface area contributed by atoms with E-state index in [1.807, 2.05) is 32.0 Å². The van der Waals surface area contributed by atoms with Crippen molar-refractivity contribution in [3.63, 3.8) is 0 Å². The number of halogens is 1.